The zero-order valence-electron chi connectivity index (χ0n) is 16.0. The van der Waals surface area contributed by atoms with Gasteiger partial charge in [-0.1, -0.05) is 20.8 Å². The fourth-order valence-corrected chi connectivity index (χ4v) is 4.75. The number of carbonyl (C=O) groups excluding carboxylic acids is 1. The summed E-state index contributed by atoms with van der Waals surface area (Å²) in [5.74, 6) is 0.144. The highest BCUT2D eigenvalue weighted by molar-refractivity contribution is 7.89. The van der Waals surface area contributed by atoms with Gasteiger partial charge in [0.05, 0.1) is 17.6 Å². The Bertz CT molecular complexity index is 762. The Labute approximate surface area is 156 Å². The van der Waals surface area contributed by atoms with E-state index in [9.17, 15) is 13.2 Å². The largest absolute Gasteiger partial charge is 0.496 e. The predicted molar refractivity (Wildman–Crippen MR) is 101 cm³/mol. The van der Waals surface area contributed by atoms with Crippen LogP contribution in [0.5, 0.6) is 5.75 Å². The van der Waals surface area contributed by atoms with Crippen LogP contribution < -0.4 is 10.5 Å². The molecule has 0 spiro atoms. The lowest BCUT2D eigenvalue weighted by Crippen LogP contribution is -2.35. The van der Waals surface area contributed by atoms with Crippen LogP contribution in [0.1, 0.15) is 37.6 Å². The molecule has 0 aromatic heterocycles. The van der Waals surface area contributed by atoms with Crippen molar-refractivity contribution in [2.45, 2.75) is 32.1 Å². The Morgan fingerprint density at radius 1 is 1.35 bits per heavy atom. The molecule has 26 heavy (non-hydrogen) atoms. The zero-order chi connectivity index (χ0) is 19.5. The van der Waals surface area contributed by atoms with Crippen molar-refractivity contribution in [2.24, 2.45) is 11.1 Å². The molecule has 0 aliphatic carbocycles. The van der Waals surface area contributed by atoms with E-state index in [1.54, 1.807) is 24.8 Å². The summed E-state index contributed by atoms with van der Waals surface area (Å²) in [6.45, 7) is 8.03. The fraction of sp³-hybridized carbons (Fsp3) is 0.611. The van der Waals surface area contributed by atoms with Gasteiger partial charge in [0.2, 0.25) is 10.0 Å². The fourth-order valence-electron chi connectivity index (χ4n) is 3.26. The highest BCUT2D eigenvalue weighted by atomic mass is 32.2. The second-order valence-corrected chi connectivity index (χ2v) is 8.88. The zero-order valence-corrected chi connectivity index (χ0v) is 16.8. The maximum absolute atomic E-state index is 13.0. The Morgan fingerprint density at radius 3 is 2.50 bits per heavy atom. The number of hydrogen-bond donors (Lipinski definition) is 1. The normalized spacial score (nSPS) is 20.6. The molecule has 1 atom stereocenters. The van der Waals surface area contributed by atoms with Crippen molar-refractivity contribution >= 4 is 15.9 Å². The first-order valence-electron chi connectivity index (χ1n) is 8.90. The highest BCUT2D eigenvalue weighted by Gasteiger charge is 2.36. The Kier molecular flexibility index (Phi) is 6.31. The van der Waals surface area contributed by atoms with Crippen LogP contribution in [0.25, 0.3) is 0 Å². The van der Waals surface area contributed by atoms with Crippen LogP contribution in [0, 0.1) is 5.41 Å². The van der Waals surface area contributed by atoms with Crippen molar-refractivity contribution in [3.63, 3.8) is 0 Å². The number of amides is 1. The molecule has 1 aromatic rings. The lowest BCUT2D eigenvalue weighted by Gasteiger charge is -2.24. The summed E-state index contributed by atoms with van der Waals surface area (Å²) in [5.41, 5.74) is 5.99. The van der Waals surface area contributed by atoms with E-state index in [1.165, 1.54) is 23.5 Å². The van der Waals surface area contributed by atoms with Crippen LogP contribution in [-0.2, 0) is 10.0 Å². The summed E-state index contributed by atoms with van der Waals surface area (Å²) >= 11 is 0. The number of ether oxygens (including phenoxy) is 1. The average molecular weight is 384 g/mol. The summed E-state index contributed by atoms with van der Waals surface area (Å²) in [5, 5.41) is 0. The highest BCUT2D eigenvalue weighted by Crippen LogP contribution is 2.32. The van der Waals surface area contributed by atoms with Gasteiger partial charge >= 0.3 is 0 Å². The van der Waals surface area contributed by atoms with Crippen molar-refractivity contribution in [3.8, 4) is 5.75 Å². The number of nitrogens with zero attached hydrogens (tertiary/aromatic N) is 2. The first kappa shape index (κ1) is 20.7. The van der Waals surface area contributed by atoms with Gasteiger partial charge in [-0.2, -0.15) is 4.31 Å². The van der Waals surface area contributed by atoms with Gasteiger partial charge in [-0.25, -0.2) is 8.42 Å². The molecule has 1 aromatic carbocycles. The van der Waals surface area contributed by atoms with E-state index >= 15 is 0 Å². The second kappa shape index (κ2) is 7.94. The third kappa shape index (κ3) is 3.87. The van der Waals surface area contributed by atoms with Crippen LogP contribution in [0.4, 0.5) is 0 Å². The lowest BCUT2D eigenvalue weighted by atomic mass is 9.90. The Morgan fingerprint density at radius 2 is 2.00 bits per heavy atom. The molecule has 2 N–H and O–H groups in total. The predicted octanol–water partition coefficient (Wildman–Crippen LogP) is 1.54. The molecule has 1 fully saturated rings. The number of hydrogen-bond acceptors (Lipinski definition) is 5. The van der Waals surface area contributed by atoms with E-state index in [0.717, 1.165) is 6.42 Å². The van der Waals surface area contributed by atoms with Crippen molar-refractivity contribution in [1.29, 1.82) is 0 Å². The van der Waals surface area contributed by atoms with Crippen molar-refractivity contribution in [2.75, 3.05) is 39.8 Å². The van der Waals surface area contributed by atoms with Gasteiger partial charge in [0.25, 0.3) is 5.91 Å². The standard InChI is InChI=1S/C18H29N3O4S/c1-5-21(6-2)26(23,24)14-7-8-16(25-4)15(11-14)17(22)20-10-9-18(3,12-19)13-20/h7-8,11H,5-6,9-10,12-13,19H2,1-4H3. The molecule has 0 bridgehead atoms. The van der Waals surface area contributed by atoms with Crippen molar-refractivity contribution in [1.82, 2.24) is 9.21 Å². The van der Waals surface area contributed by atoms with Gasteiger partial charge in [-0.05, 0) is 36.6 Å². The van der Waals surface area contributed by atoms with Crippen molar-refractivity contribution < 1.29 is 17.9 Å². The number of likely N-dealkylation sites (tertiary alicyclic amines) is 1. The smallest absolute Gasteiger partial charge is 0.257 e. The molecule has 8 heteroatoms. The number of methoxy groups -OCH3 is 1. The monoisotopic (exact) mass is 383 g/mol. The molecule has 146 valence electrons. The SMILES string of the molecule is CCN(CC)S(=O)(=O)c1ccc(OC)c(C(=O)N2CCC(C)(CN)C2)c1. The molecule has 1 unspecified atom stereocenters. The molecule has 1 aliphatic heterocycles. The third-order valence-corrected chi connectivity index (χ3v) is 7.13. The van der Waals surface area contributed by atoms with E-state index in [0.29, 0.717) is 38.5 Å². The maximum atomic E-state index is 13.0. The van der Waals surface area contributed by atoms with Crippen LogP contribution in [0.3, 0.4) is 0 Å². The van der Waals surface area contributed by atoms with E-state index in [-0.39, 0.29) is 21.8 Å². The Balaban J connectivity index is 2.41. The van der Waals surface area contributed by atoms with Crippen LogP contribution in [0.2, 0.25) is 0 Å². The third-order valence-electron chi connectivity index (χ3n) is 5.08. The quantitative estimate of drug-likeness (QED) is 0.771. The maximum Gasteiger partial charge on any atom is 0.257 e. The molecule has 1 heterocycles. The van der Waals surface area contributed by atoms with E-state index in [4.69, 9.17) is 10.5 Å². The number of benzene rings is 1. The lowest BCUT2D eigenvalue weighted by molar-refractivity contribution is 0.0773. The summed E-state index contributed by atoms with van der Waals surface area (Å²) in [6.07, 6.45) is 0.828. The number of sulfonamides is 1. The molecule has 0 radical (unpaired) electrons. The van der Waals surface area contributed by atoms with Crippen LogP contribution >= 0.6 is 0 Å². The van der Waals surface area contributed by atoms with E-state index < -0.39 is 10.0 Å². The second-order valence-electron chi connectivity index (χ2n) is 6.94. The number of nitrogens with two attached hydrogens (primary N) is 1. The summed E-state index contributed by atoms with van der Waals surface area (Å²) in [6, 6.07) is 4.45. The summed E-state index contributed by atoms with van der Waals surface area (Å²) in [7, 11) is -2.18. The van der Waals surface area contributed by atoms with Gasteiger partial charge in [0.1, 0.15) is 5.75 Å². The molecule has 7 nitrogen and oxygen atoms in total. The molecule has 1 aliphatic rings. The van der Waals surface area contributed by atoms with Gasteiger partial charge < -0.3 is 15.4 Å². The topological polar surface area (TPSA) is 92.9 Å². The molecule has 1 saturated heterocycles. The van der Waals surface area contributed by atoms with Gasteiger partial charge in [0, 0.05) is 26.2 Å². The molecule has 1 amide bonds. The summed E-state index contributed by atoms with van der Waals surface area (Å²) < 4.78 is 32.2. The first-order valence-corrected chi connectivity index (χ1v) is 10.3. The van der Waals surface area contributed by atoms with Gasteiger partial charge in [-0.3, -0.25) is 4.79 Å². The Hall–Kier alpha value is -1.64. The van der Waals surface area contributed by atoms with Crippen LogP contribution in [0.15, 0.2) is 23.1 Å². The van der Waals surface area contributed by atoms with Gasteiger partial charge in [-0.15, -0.1) is 0 Å². The number of rotatable bonds is 7. The minimum absolute atomic E-state index is 0.103. The van der Waals surface area contributed by atoms with Gasteiger partial charge in [0.15, 0.2) is 0 Å². The molecular formula is C18H29N3O4S. The van der Waals surface area contributed by atoms with Crippen LogP contribution in [-0.4, -0.2) is 63.4 Å². The molecular weight excluding hydrogens is 354 g/mol. The minimum atomic E-state index is -3.65. The van der Waals surface area contributed by atoms with E-state index in [1.807, 2.05) is 0 Å². The average Bonchev–Trinajstić information content (AvgIpc) is 3.04. The van der Waals surface area contributed by atoms with Crippen molar-refractivity contribution in [3.05, 3.63) is 23.8 Å². The summed E-state index contributed by atoms with van der Waals surface area (Å²) in [4.78, 5) is 14.8. The molecule has 2 rings (SSSR count). The molecule has 0 saturated carbocycles. The number of carbonyl (C=O) groups is 1. The van der Waals surface area contributed by atoms with E-state index in [2.05, 4.69) is 6.92 Å². The minimum Gasteiger partial charge on any atom is -0.496 e. The first-order chi connectivity index (χ1) is 12.2.